The smallest absolute Gasteiger partial charge is 0.242 e. The van der Waals surface area contributed by atoms with Gasteiger partial charge in [0.05, 0.1) is 13.5 Å². The van der Waals surface area contributed by atoms with Gasteiger partial charge in [0.2, 0.25) is 11.8 Å². The summed E-state index contributed by atoms with van der Waals surface area (Å²) in [7, 11) is 1.60. The summed E-state index contributed by atoms with van der Waals surface area (Å²) >= 11 is 6.08. The van der Waals surface area contributed by atoms with Gasteiger partial charge in [-0.15, -0.1) is 0 Å². The standard InChI is InChI=1S/C22H27ClN2O3/c1-4-12-24-22(27)16(2)25(15-18-6-5-7-19(23)13-18)21(26)14-17-8-10-20(28-3)11-9-17/h5-11,13,16H,4,12,14-15H2,1-3H3,(H,24,27). The molecule has 0 aliphatic heterocycles. The predicted octanol–water partition coefficient (Wildman–Crippen LogP) is 3.83. The zero-order valence-corrected chi connectivity index (χ0v) is 17.3. The van der Waals surface area contributed by atoms with Crippen LogP contribution in [0, 0.1) is 0 Å². The van der Waals surface area contributed by atoms with Gasteiger partial charge in [-0.3, -0.25) is 9.59 Å². The van der Waals surface area contributed by atoms with Gasteiger partial charge in [-0.05, 0) is 48.7 Å². The highest BCUT2D eigenvalue weighted by Crippen LogP contribution is 2.17. The number of rotatable bonds is 9. The molecule has 6 heteroatoms. The van der Waals surface area contributed by atoms with Crippen molar-refractivity contribution in [3.8, 4) is 5.75 Å². The van der Waals surface area contributed by atoms with E-state index in [0.29, 0.717) is 18.1 Å². The molecular weight excluding hydrogens is 376 g/mol. The van der Waals surface area contributed by atoms with Gasteiger partial charge in [0.25, 0.3) is 0 Å². The molecule has 5 nitrogen and oxygen atoms in total. The highest BCUT2D eigenvalue weighted by Gasteiger charge is 2.26. The van der Waals surface area contributed by atoms with Crippen LogP contribution in [0.25, 0.3) is 0 Å². The lowest BCUT2D eigenvalue weighted by Crippen LogP contribution is -2.48. The Bertz CT molecular complexity index is 793. The van der Waals surface area contributed by atoms with Crippen molar-refractivity contribution < 1.29 is 14.3 Å². The van der Waals surface area contributed by atoms with Crippen LogP contribution in [0.5, 0.6) is 5.75 Å². The summed E-state index contributed by atoms with van der Waals surface area (Å²) < 4.78 is 5.16. The molecule has 1 unspecified atom stereocenters. The Labute approximate surface area is 171 Å². The average molecular weight is 403 g/mol. The maximum absolute atomic E-state index is 13.1. The number of carbonyl (C=O) groups is 2. The van der Waals surface area contributed by atoms with Crippen molar-refractivity contribution in [2.45, 2.75) is 39.3 Å². The van der Waals surface area contributed by atoms with Crippen molar-refractivity contribution in [2.75, 3.05) is 13.7 Å². The third kappa shape index (κ3) is 6.27. The Kier molecular flexibility index (Phi) is 8.33. The van der Waals surface area contributed by atoms with Gasteiger partial charge < -0.3 is 15.0 Å². The third-order valence-electron chi connectivity index (χ3n) is 4.47. The number of hydrogen-bond acceptors (Lipinski definition) is 3. The molecule has 2 amide bonds. The van der Waals surface area contributed by atoms with Crippen LogP contribution in [-0.4, -0.2) is 36.4 Å². The molecule has 28 heavy (non-hydrogen) atoms. The molecule has 1 atom stereocenters. The van der Waals surface area contributed by atoms with Gasteiger partial charge in [-0.1, -0.05) is 42.8 Å². The minimum atomic E-state index is -0.587. The summed E-state index contributed by atoms with van der Waals surface area (Å²) in [6, 6.07) is 14.1. The van der Waals surface area contributed by atoms with E-state index in [0.717, 1.165) is 23.3 Å². The molecule has 1 N–H and O–H groups in total. The van der Waals surface area contributed by atoms with Crippen LogP contribution in [0.4, 0.5) is 0 Å². The Balaban J connectivity index is 2.19. The molecule has 0 aliphatic rings. The van der Waals surface area contributed by atoms with E-state index in [1.54, 1.807) is 25.0 Å². The molecule has 150 valence electrons. The number of halogens is 1. The topological polar surface area (TPSA) is 58.6 Å². The second kappa shape index (κ2) is 10.7. The molecule has 0 aromatic heterocycles. The van der Waals surface area contributed by atoms with Gasteiger partial charge in [-0.25, -0.2) is 0 Å². The lowest BCUT2D eigenvalue weighted by molar-refractivity contribution is -0.140. The molecule has 0 saturated carbocycles. The number of ether oxygens (including phenoxy) is 1. The van der Waals surface area contributed by atoms with Crippen molar-refractivity contribution in [3.05, 3.63) is 64.7 Å². The van der Waals surface area contributed by atoms with E-state index in [1.165, 1.54) is 0 Å². The summed E-state index contributed by atoms with van der Waals surface area (Å²) in [5, 5.41) is 3.47. The maximum atomic E-state index is 13.1. The van der Waals surface area contributed by atoms with Gasteiger partial charge in [0.15, 0.2) is 0 Å². The van der Waals surface area contributed by atoms with Gasteiger partial charge in [0, 0.05) is 18.1 Å². The molecule has 0 fully saturated rings. The molecule has 2 rings (SSSR count). The molecule has 0 bridgehead atoms. The van der Waals surface area contributed by atoms with E-state index < -0.39 is 6.04 Å². The summed E-state index contributed by atoms with van der Waals surface area (Å²) in [5.74, 6) is 0.454. The first-order valence-corrected chi connectivity index (χ1v) is 9.77. The van der Waals surface area contributed by atoms with Crippen molar-refractivity contribution >= 4 is 23.4 Å². The van der Waals surface area contributed by atoms with Crippen LogP contribution < -0.4 is 10.1 Å². The number of benzene rings is 2. The number of nitrogens with one attached hydrogen (secondary N) is 1. The van der Waals surface area contributed by atoms with Crippen LogP contribution in [0.15, 0.2) is 48.5 Å². The normalized spacial score (nSPS) is 11.6. The second-order valence-corrected chi connectivity index (χ2v) is 7.08. The van der Waals surface area contributed by atoms with Crippen molar-refractivity contribution in [1.29, 1.82) is 0 Å². The number of carbonyl (C=O) groups excluding carboxylic acids is 2. The molecule has 0 saturated heterocycles. The maximum Gasteiger partial charge on any atom is 0.242 e. The second-order valence-electron chi connectivity index (χ2n) is 6.64. The first-order chi connectivity index (χ1) is 13.4. The summed E-state index contributed by atoms with van der Waals surface area (Å²) in [4.78, 5) is 27.1. The molecule has 2 aromatic carbocycles. The number of amides is 2. The van der Waals surface area contributed by atoms with E-state index in [9.17, 15) is 9.59 Å². The first kappa shape index (κ1) is 21.8. The lowest BCUT2D eigenvalue weighted by atomic mass is 10.1. The fourth-order valence-electron chi connectivity index (χ4n) is 2.83. The molecule has 2 aromatic rings. The molecule has 0 heterocycles. The molecule has 0 aliphatic carbocycles. The fourth-order valence-corrected chi connectivity index (χ4v) is 3.04. The van der Waals surface area contributed by atoms with E-state index in [-0.39, 0.29) is 18.2 Å². The van der Waals surface area contributed by atoms with E-state index >= 15 is 0 Å². The van der Waals surface area contributed by atoms with Crippen LogP contribution in [0.1, 0.15) is 31.4 Å². The van der Waals surface area contributed by atoms with Crippen molar-refractivity contribution in [2.24, 2.45) is 0 Å². The van der Waals surface area contributed by atoms with Crippen LogP contribution in [0.2, 0.25) is 5.02 Å². The Morgan fingerprint density at radius 2 is 1.86 bits per heavy atom. The zero-order valence-electron chi connectivity index (χ0n) is 16.6. The molecule has 0 spiro atoms. The molecular formula is C22H27ClN2O3. The zero-order chi connectivity index (χ0) is 20.5. The van der Waals surface area contributed by atoms with Gasteiger partial charge in [0.1, 0.15) is 11.8 Å². The summed E-state index contributed by atoms with van der Waals surface area (Å²) in [6.07, 6.45) is 1.04. The third-order valence-corrected chi connectivity index (χ3v) is 4.71. The van der Waals surface area contributed by atoms with Crippen LogP contribution in [0.3, 0.4) is 0 Å². The SMILES string of the molecule is CCCNC(=O)C(C)N(Cc1cccc(Cl)c1)C(=O)Cc1ccc(OC)cc1. The average Bonchev–Trinajstić information content (AvgIpc) is 2.70. The minimum absolute atomic E-state index is 0.121. The van der Waals surface area contributed by atoms with Crippen LogP contribution >= 0.6 is 11.6 Å². The largest absolute Gasteiger partial charge is 0.497 e. The highest BCUT2D eigenvalue weighted by molar-refractivity contribution is 6.30. The highest BCUT2D eigenvalue weighted by atomic mass is 35.5. The van der Waals surface area contributed by atoms with Crippen molar-refractivity contribution in [3.63, 3.8) is 0 Å². The Morgan fingerprint density at radius 3 is 2.46 bits per heavy atom. The van der Waals surface area contributed by atoms with Gasteiger partial charge >= 0.3 is 0 Å². The Morgan fingerprint density at radius 1 is 1.14 bits per heavy atom. The quantitative estimate of drug-likeness (QED) is 0.693. The Hall–Kier alpha value is -2.53. The monoisotopic (exact) mass is 402 g/mol. The number of nitrogens with zero attached hydrogens (tertiary/aromatic N) is 1. The van der Waals surface area contributed by atoms with E-state index in [4.69, 9.17) is 16.3 Å². The summed E-state index contributed by atoms with van der Waals surface area (Å²) in [6.45, 7) is 4.64. The van der Waals surface area contributed by atoms with E-state index in [1.807, 2.05) is 49.4 Å². The minimum Gasteiger partial charge on any atom is -0.497 e. The lowest BCUT2D eigenvalue weighted by Gasteiger charge is -2.29. The van der Waals surface area contributed by atoms with E-state index in [2.05, 4.69) is 5.32 Å². The fraction of sp³-hybridized carbons (Fsp3) is 0.364. The van der Waals surface area contributed by atoms with Crippen LogP contribution in [-0.2, 0) is 22.6 Å². The number of methoxy groups -OCH3 is 1. The first-order valence-electron chi connectivity index (χ1n) is 9.39. The molecule has 0 radical (unpaired) electrons. The predicted molar refractivity (Wildman–Crippen MR) is 111 cm³/mol. The van der Waals surface area contributed by atoms with Crippen molar-refractivity contribution in [1.82, 2.24) is 10.2 Å². The summed E-state index contributed by atoms with van der Waals surface area (Å²) in [5.41, 5.74) is 1.74. The van der Waals surface area contributed by atoms with Gasteiger partial charge in [-0.2, -0.15) is 0 Å². The number of hydrogen-bond donors (Lipinski definition) is 1.